The van der Waals surface area contributed by atoms with E-state index in [4.69, 9.17) is 5.73 Å². The number of benzene rings is 1. The van der Waals surface area contributed by atoms with Crippen LogP contribution in [0.25, 0.3) is 0 Å². The van der Waals surface area contributed by atoms with Crippen LogP contribution in [0, 0.1) is 11.7 Å². The summed E-state index contributed by atoms with van der Waals surface area (Å²) in [7, 11) is 0. The molecule has 0 amide bonds. The predicted molar refractivity (Wildman–Crippen MR) is 58.7 cm³/mol. The maximum atomic E-state index is 12.7. The summed E-state index contributed by atoms with van der Waals surface area (Å²) in [6.45, 7) is 6.32. The Morgan fingerprint density at radius 1 is 1.29 bits per heavy atom. The fraction of sp³-hybridized carbons (Fsp3) is 0.455. The number of nitrogens with one attached hydrogen (secondary N) is 1. The van der Waals surface area contributed by atoms with Gasteiger partial charge in [-0.15, -0.1) is 0 Å². The summed E-state index contributed by atoms with van der Waals surface area (Å²) in [5.74, 6) is 0.213. The summed E-state index contributed by atoms with van der Waals surface area (Å²) < 4.78 is 12.7. The molecule has 1 aromatic rings. The van der Waals surface area contributed by atoms with Gasteiger partial charge in [-0.25, -0.2) is 4.39 Å². The summed E-state index contributed by atoms with van der Waals surface area (Å²) in [4.78, 5) is 0. The van der Waals surface area contributed by atoms with Gasteiger partial charge in [-0.2, -0.15) is 0 Å². The van der Waals surface area contributed by atoms with Crippen LogP contribution in [0.2, 0.25) is 0 Å². The van der Waals surface area contributed by atoms with Crippen LogP contribution in [-0.2, 0) is 0 Å². The summed E-state index contributed by atoms with van der Waals surface area (Å²) in [5, 5.41) is 3.25. The van der Waals surface area contributed by atoms with Gasteiger partial charge in [-0.1, -0.05) is 13.8 Å². The number of hydrogen-bond acceptors (Lipinski definition) is 2. The van der Waals surface area contributed by atoms with Crippen molar-refractivity contribution in [2.24, 2.45) is 5.92 Å². The van der Waals surface area contributed by atoms with E-state index in [1.807, 2.05) is 0 Å². The maximum Gasteiger partial charge on any atom is 0.125 e. The molecule has 1 aromatic carbocycles. The third-order valence-corrected chi connectivity index (χ3v) is 2.40. The van der Waals surface area contributed by atoms with Gasteiger partial charge in [-0.05, 0) is 31.0 Å². The van der Waals surface area contributed by atoms with Crippen LogP contribution in [0.15, 0.2) is 18.2 Å². The van der Waals surface area contributed by atoms with Crippen molar-refractivity contribution in [2.75, 3.05) is 11.1 Å². The van der Waals surface area contributed by atoms with Crippen LogP contribution >= 0.6 is 0 Å². The maximum absolute atomic E-state index is 12.7. The van der Waals surface area contributed by atoms with Crippen LogP contribution < -0.4 is 11.1 Å². The molecule has 0 heterocycles. The lowest BCUT2D eigenvalue weighted by atomic mass is 10.1. The number of rotatable bonds is 3. The molecule has 78 valence electrons. The minimum atomic E-state index is -0.301. The Balaban J connectivity index is 2.77. The van der Waals surface area contributed by atoms with Crippen molar-refractivity contribution in [1.82, 2.24) is 0 Å². The molecule has 1 atom stereocenters. The first-order valence-corrected chi connectivity index (χ1v) is 4.82. The average Bonchev–Trinajstić information content (AvgIpc) is 2.09. The third-order valence-electron chi connectivity index (χ3n) is 2.40. The van der Waals surface area contributed by atoms with Crippen molar-refractivity contribution in [3.63, 3.8) is 0 Å². The molecule has 0 radical (unpaired) electrons. The van der Waals surface area contributed by atoms with E-state index in [1.54, 1.807) is 6.07 Å². The molecule has 0 aliphatic heterocycles. The van der Waals surface area contributed by atoms with Crippen LogP contribution in [-0.4, -0.2) is 6.04 Å². The first-order valence-electron chi connectivity index (χ1n) is 4.82. The number of halogens is 1. The zero-order chi connectivity index (χ0) is 10.7. The molecule has 0 bridgehead atoms. The van der Waals surface area contributed by atoms with E-state index in [9.17, 15) is 4.39 Å². The quantitative estimate of drug-likeness (QED) is 0.729. The Bertz CT molecular complexity index is 310. The zero-order valence-corrected chi connectivity index (χ0v) is 8.84. The normalized spacial score (nSPS) is 12.9. The van der Waals surface area contributed by atoms with E-state index in [2.05, 4.69) is 26.1 Å². The molecule has 0 aliphatic carbocycles. The Labute approximate surface area is 84.3 Å². The van der Waals surface area contributed by atoms with E-state index in [0.717, 1.165) is 5.69 Å². The highest BCUT2D eigenvalue weighted by molar-refractivity contribution is 5.66. The minimum absolute atomic E-state index is 0.301. The smallest absolute Gasteiger partial charge is 0.125 e. The fourth-order valence-corrected chi connectivity index (χ4v) is 1.08. The van der Waals surface area contributed by atoms with Crippen LogP contribution in [0.5, 0.6) is 0 Å². The van der Waals surface area contributed by atoms with Gasteiger partial charge in [0.15, 0.2) is 0 Å². The second kappa shape index (κ2) is 4.31. The number of hydrogen-bond donors (Lipinski definition) is 2. The van der Waals surface area contributed by atoms with Gasteiger partial charge < -0.3 is 11.1 Å². The van der Waals surface area contributed by atoms with Gasteiger partial charge in [0, 0.05) is 6.04 Å². The SMILES string of the molecule is CC(C)C(C)Nc1ccc(F)cc1N. The Morgan fingerprint density at radius 2 is 1.93 bits per heavy atom. The third kappa shape index (κ3) is 2.62. The molecule has 0 aliphatic rings. The lowest BCUT2D eigenvalue weighted by molar-refractivity contribution is 0.560. The number of anilines is 2. The van der Waals surface area contributed by atoms with Crippen molar-refractivity contribution in [1.29, 1.82) is 0 Å². The molecule has 0 saturated heterocycles. The molecular weight excluding hydrogens is 179 g/mol. The molecule has 14 heavy (non-hydrogen) atoms. The Kier molecular flexibility index (Phi) is 3.33. The van der Waals surface area contributed by atoms with Crippen LogP contribution in [0.1, 0.15) is 20.8 Å². The van der Waals surface area contributed by atoms with Crippen LogP contribution in [0.3, 0.4) is 0 Å². The zero-order valence-electron chi connectivity index (χ0n) is 8.84. The van der Waals surface area contributed by atoms with Gasteiger partial charge in [0.1, 0.15) is 5.82 Å². The summed E-state index contributed by atoms with van der Waals surface area (Å²) in [5.41, 5.74) is 6.92. The molecule has 0 aromatic heterocycles. The molecule has 3 heteroatoms. The van der Waals surface area contributed by atoms with Crippen molar-refractivity contribution in [3.8, 4) is 0 Å². The predicted octanol–water partition coefficient (Wildman–Crippen LogP) is 2.86. The first-order chi connectivity index (χ1) is 6.50. The van der Waals surface area contributed by atoms with E-state index in [1.165, 1.54) is 12.1 Å². The van der Waals surface area contributed by atoms with Crippen molar-refractivity contribution in [2.45, 2.75) is 26.8 Å². The average molecular weight is 196 g/mol. The minimum Gasteiger partial charge on any atom is -0.397 e. The van der Waals surface area contributed by atoms with Crippen LogP contribution in [0.4, 0.5) is 15.8 Å². The van der Waals surface area contributed by atoms with Crippen molar-refractivity contribution in [3.05, 3.63) is 24.0 Å². The largest absolute Gasteiger partial charge is 0.397 e. The highest BCUT2D eigenvalue weighted by Gasteiger charge is 2.08. The highest BCUT2D eigenvalue weighted by Crippen LogP contribution is 2.21. The van der Waals surface area contributed by atoms with Gasteiger partial charge in [0.05, 0.1) is 11.4 Å². The van der Waals surface area contributed by atoms with E-state index < -0.39 is 0 Å². The van der Waals surface area contributed by atoms with Gasteiger partial charge in [-0.3, -0.25) is 0 Å². The van der Waals surface area contributed by atoms with Gasteiger partial charge in [0.25, 0.3) is 0 Å². The molecule has 1 rings (SSSR count). The summed E-state index contributed by atoms with van der Waals surface area (Å²) >= 11 is 0. The summed E-state index contributed by atoms with van der Waals surface area (Å²) in [6.07, 6.45) is 0. The molecule has 0 saturated carbocycles. The van der Waals surface area contributed by atoms with E-state index >= 15 is 0 Å². The Hall–Kier alpha value is -1.25. The summed E-state index contributed by atoms with van der Waals surface area (Å²) in [6, 6.07) is 4.73. The fourth-order valence-electron chi connectivity index (χ4n) is 1.08. The number of nitrogen functional groups attached to an aromatic ring is 1. The van der Waals surface area contributed by atoms with Crippen molar-refractivity contribution < 1.29 is 4.39 Å². The molecule has 0 spiro atoms. The van der Waals surface area contributed by atoms with Gasteiger partial charge in [0.2, 0.25) is 0 Å². The lowest BCUT2D eigenvalue weighted by Crippen LogP contribution is -2.22. The Morgan fingerprint density at radius 3 is 2.43 bits per heavy atom. The number of nitrogens with two attached hydrogens (primary N) is 1. The molecule has 0 fully saturated rings. The van der Waals surface area contributed by atoms with E-state index in [-0.39, 0.29) is 5.82 Å². The standard InChI is InChI=1S/C11H17FN2/c1-7(2)8(3)14-11-5-4-9(12)6-10(11)13/h4-8,14H,13H2,1-3H3. The molecule has 2 nitrogen and oxygen atoms in total. The topological polar surface area (TPSA) is 38.0 Å². The molecular formula is C11H17FN2. The monoisotopic (exact) mass is 196 g/mol. The second-order valence-corrected chi connectivity index (χ2v) is 3.91. The second-order valence-electron chi connectivity index (χ2n) is 3.91. The van der Waals surface area contributed by atoms with Gasteiger partial charge >= 0.3 is 0 Å². The molecule has 3 N–H and O–H groups in total. The van der Waals surface area contributed by atoms with Crippen molar-refractivity contribution >= 4 is 11.4 Å². The first kappa shape index (κ1) is 10.8. The highest BCUT2D eigenvalue weighted by atomic mass is 19.1. The molecule has 1 unspecified atom stereocenters. The lowest BCUT2D eigenvalue weighted by Gasteiger charge is -2.19. The van der Waals surface area contributed by atoms with E-state index in [0.29, 0.717) is 17.6 Å².